The van der Waals surface area contributed by atoms with Gasteiger partial charge in [-0.3, -0.25) is 0 Å². The number of ether oxygens (including phenoxy) is 2. The van der Waals surface area contributed by atoms with Crippen molar-refractivity contribution in [3.63, 3.8) is 0 Å². The minimum absolute atomic E-state index is 0.144. The van der Waals surface area contributed by atoms with Gasteiger partial charge in [0, 0.05) is 0 Å². The van der Waals surface area contributed by atoms with Gasteiger partial charge in [0.1, 0.15) is 6.61 Å². The predicted octanol–water partition coefficient (Wildman–Crippen LogP) is 2.89. The Hall–Kier alpha value is -1.63. The second-order valence-corrected chi connectivity index (χ2v) is 3.70. The molecule has 19 heavy (non-hydrogen) atoms. The number of esters is 1. The zero-order valence-electron chi connectivity index (χ0n) is 10.0. The molecule has 0 heterocycles. The lowest BCUT2D eigenvalue weighted by Gasteiger charge is -2.15. The quantitative estimate of drug-likeness (QED) is 0.593. The third-order valence-corrected chi connectivity index (χ3v) is 2.29. The fourth-order valence-electron chi connectivity index (χ4n) is 1.32. The second kappa shape index (κ2) is 6.51. The molecule has 0 aliphatic carbocycles. The molecule has 0 bridgehead atoms. The van der Waals surface area contributed by atoms with Gasteiger partial charge in [0.05, 0.1) is 19.3 Å². The normalized spacial score (nSPS) is 11.7. The van der Waals surface area contributed by atoms with Crippen LogP contribution in [0.25, 0.3) is 0 Å². The highest BCUT2D eigenvalue weighted by Gasteiger charge is 2.40. The lowest BCUT2D eigenvalue weighted by atomic mass is 10.1. The summed E-state index contributed by atoms with van der Waals surface area (Å²) in [6.07, 6.45) is -3.79. The van der Waals surface area contributed by atoms with E-state index in [-0.39, 0.29) is 12.2 Å². The molecule has 1 aromatic carbocycles. The maximum Gasteiger partial charge on any atom is 0.338 e. The summed E-state index contributed by atoms with van der Waals surface area (Å²) in [5, 5.41) is 0. The number of hydrogen-bond acceptors (Lipinski definition) is 3. The molecule has 106 valence electrons. The van der Waals surface area contributed by atoms with Crippen LogP contribution in [-0.2, 0) is 16.1 Å². The average Bonchev–Trinajstić information content (AvgIpc) is 2.38. The van der Waals surface area contributed by atoms with Crippen LogP contribution in [0.5, 0.6) is 0 Å². The number of carbonyl (C=O) groups excluding carboxylic acids is 1. The van der Waals surface area contributed by atoms with E-state index in [2.05, 4.69) is 9.47 Å². The minimum atomic E-state index is -4.21. The molecule has 1 rings (SSSR count). The van der Waals surface area contributed by atoms with Gasteiger partial charge in [0.2, 0.25) is 0 Å². The smallest absolute Gasteiger partial charge is 0.338 e. The Bertz CT molecular complexity index is 435. The lowest BCUT2D eigenvalue weighted by molar-refractivity contribution is -0.168. The molecule has 0 N–H and O–H groups in total. The van der Waals surface area contributed by atoms with E-state index >= 15 is 0 Å². The summed E-state index contributed by atoms with van der Waals surface area (Å²) in [5.41, 5.74) is 0.435. The minimum Gasteiger partial charge on any atom is -0.465 e. The van der Waals surface area contributed by atoms with Gasteiger partial charge in [0.25, 0.3) is 0 Å². The van der Waals surface area contributed by atoms with Crippen molar-refractivity contribution < 1.29 is 31.8 Å². The van der Waals surface area contributed by atoms with Crippen molar-refractivity contribution in [3.05, 3.63) is 35.4 Å². The van der Waals surface area contributed by atoms with Crippen LogP contribution in [0.3, 0.4) is 0 Å². The first-order valence-corrected chi connectivity index (χ1v) is 5.28. The summed E-state index contributed by atoms with van der Waals surface area (Å²) in [6, 6.07) is 6.02. The van der Waals surface area contributed by atoms with Crippen LogP contribution in [0.15, 0.2) is 24.3 Å². The highest BCUT2D eigenvalue weighted by Crippen LogP contribution is 2.23. The molecule has 1 aromatic rings. The first kappa shape index (κ1) is 15.4. The van der Waals surface area contributed by atoms with E-state index < -0.39 is 24.9 Å². The number of rotatable bonds is 6. The number of halogens is 4. The molecule has 0 amide bonds. The molecule has 0 atom stereocenters. The topological polar surface area (TPSA) is 35.5 Å². The van der Waals surface area contributed by atoms with Crippen LogP contribution in [0.4, 0.5) is 17.6 Å². The monoisotopic (exact) mass is 280 g/mol. The van der Waals surface area contributed by atoms with E-state index in [1.54, 1.807) is 12.1 Å². The Kier molecular flexibility index (Phi) is 5.29. The molecule has 0 aromatic heterocycles. The third-order valence-electron chi connectivity index (χ3n) is 2.29. The van der Waals surface area contributed by atoms with Crippen LogP contribution in [0.2, 0.25) is 0 Å². The van der Waals surface area contributed by atoms with Gasteiger partial charge >= 0.3 is 18.3 Å². The van der Waals surface area contributed by atoms with E-state index in [1.807, 2.05) is 0 Å². The van der Waals surface area contributed by atoms with Crippen molar-refractivity contribution >= 4 is 5.97 Å². The van der Waals surface area contributed by atoms with Gasteiger partial charge in [-0.15, -0.1) is 0 Å². The first-order valence-electron chi connectivity index (χ1n) is 5.28. The highest BCUT2D eigenvalue weighted by atomic mass is 19.3. The van der Waals surface area contributed by atoms with Crippen LogP contribution < -0.4 is 0 Å². The zero-order chi connectivity index (χ0) is 14.5. The number of alkyl halides is 4. The summed E-state index contributed by atoms with van der Waals surface area (Å²) in [5.74, 6) is -4.86. The number of carbonyl (C=O) groups is 1. The van der Waals surface area contributed by atoms with E-state index in [9.17, 15) is 22.4 Å². The van der Waals surface area contributed by atoms with Crippen LogP contribution >= 0.6 is 0 Å². The van der Waals surface area contributed by atoms with Crippen LogP contribution in [0, 0.1) is 0 Å². The molecule has 0 aliphatic heterocycles. The molecule has 0 spiro atoms. The van der Waals surface area contributed by atoms with Crippen molar-refractivity contribution in [2.24, 2.45) is 0 Å². The molecule has 0 fully saturated rings. The number of hydrogen-bond donors (Lipinski definition) is 0. The van der Waals surface area contributed by atoms with E-state index in [1.165, 1.54) is 19.2 Å². The number of benzene rings is 1. The van der Waals surface area contributed by atoms with E-state index in [0.717, 1.165) is 0 Å². The molecule has 3 nitrogen and oxygen atoms in total. The summed E-state index contributed by atoms with van der Waals surface area (Å²) >= 11 is 0. The Labute approximate surface area is 107 Å². The summed E-state index contributed by atoms with van der Waals surface area (Å²) in [7, 11) is 1.17. The standard InChI is InChI=1S/C12H12F4O3/c1-18-10(17)9-5-3-2-4-8(9)6-19-7-12(15,16)11(13)14/h2-5,11H,6-7H2,1H3. The molecule has 0 aliphatic rings. The SMILES string of the molecule is COC(=O)c1ccccc1COCC(F)(F)C(F)F. The van der Waals surface area contributed by atoms with Crippen LogP contribution in [-0.4, -0.2) is 32.0 Å². The maximum atomic E-state index is 12.6. The maximum absolute atomic E-state index is 12.6. The average molecular weight is 280 g/mol. The van der Waals surface area contributed by atoms with Crippen molar-refractivity contribution in [1.29, 1.82) is 0 Å². The molecule has 0 saturated heterocycles. The van der Waals surface area contributed by atoms with Gasteiger partial charge in [-0.05, 0) is 11.6 Å². The van der Waals surface area contributed by atoms with Gasteiger partial charge in [-0.1, -0.05) is 18.2 Å². The Morgan fingerprint density at radius 2 is 1.95 bits per heavy atom. The fourth-order valence-corrected chi connectivity index (χ4v) is 1.32. The molecular weight excluding hydrogens is 268 g/mol. The fraction of sp³-hybridized carbons (Fsp3) is 0.417. The molecule has 0 saturated carbocycles. The van der Waals surface area contributed by atoms with E-state index in [0.29, 0.717) is 5.56 Å². The van der Waals surface area contributed by atoms with Crippen molar-refractivity contribution in [2.75, 3.05) is 13.7 Å². The zero-order valence-corrected chi connectivity index (χ0v) is 10.0. The largest absolute Gasteiger partial charge is 0.465 e. The van der Waals surface area contributed by atoms with Gasteiger partial charge < -0.3 is 9.47 Å². The summed E-state index contributed by atoms with van der Waals surface area (Å²) in [4.78, 5) is 11.4. The van der Waals surface area contributed by atoms with Crippen molar-refractivity contribution in [3.8, 4) is 0 Å². The Morgan fingerprint density at radius 3 is 2.53 bits per heavy atom. The Morgan fingerprint density at radius 1 is 1.32 bits per heavy atom. The molecule has 0 radical (unpaired) electrons. The predicted molar refractivity (Wildman–Crippen MR) is 58.4 cm³/mol. The Balaban J connectivity index is 2.66. The second-order valence-electron chi connectivity index (χ2n) is 3.70. The molecule has 0 unspecified atom stereocenters. The van der Waals surface area contributed by atoms with E-state index in [4.69, 9.17) is 0 Å². The van der Waals surface area contributed by atoms with Crippen LogP contribution in [0.1, 0.15) is 15.9 Å². The van der Waals surface area contributed by atoms with Gasteiger partial charge in [-0.25, -0.2) is 13.6 Å². The third kappa shape index (κ3) is 4.20. The molecule has 7 heteroatoms. The number of methoxy groups -OCH3 is 1. The summed E-state index contributed by atoms with van der Waals surface area (Å²) < 4.78 is 58.1. The highest BCUT2D eigenvalue weighted by molar-refractivity contribution is 5.90. The molecular formula is C12H12F4O3. The lowest BCUT2D eigenvalue weighted by Crippen LogP contribution is -2.32. The van der Waals surface area contributed by atoms with Gasteiger partial charge in [-0.2, -0.15) is 8.78 Å². The summed E-state index contributed by atoms with van der Waals surface area (Å²) in [6.45, 7) is -1.80. The van der Waals surface area contributed by atoms with Crippen molar-refractivity contribution in [1.82, 2.24) is 0 Å². The van der Waals surface area contributed by atoms with Crippen molar-refractivity contribution in [2.45, 2.75) is 19.0 Å². The van der Waals surface area contributed by atoms with Gasteiger partial charge in [0.15, 0.2) is 0 Å². The first-order chi connectivity index (χ1) is 8.88.